The standard InChI is InChI=1S/C54H38/c1-53(2)46-25-13-12-24-44(46)52-39-19-6-5-17-36(39)45(30-49(52)53)51-42-22-9-7-20-40(42)50(41-21-8-10-23-43(41)51)33-27-28-38-37-18-11-14-26-47(37)54(48(38)29-33)31-34-15-3-4-16-35(34)32-54/h3-30H,31-32H2,1-2H3. The first-order chi connectivity index (χ1) is 26.5. The highest BCUT2D eigenvalue weighted by Gasteiger charge is 2.47. The summed E-state index contributed by atoms with van der Waals surface area (Å²) in [5, 5.41) is 7.86. The molecule has 0 radical (unpaired) electrons. The van der Waals surface area contributed by atoms with Crippen LogP contribution in [0.5, 0.6) is 0 Å². The summed E-state index contributed by atoms with van der Waals surface area (Å²) in [6.45, 7) is 4.80. The van der Waals surface area contributed by atoms with Gasteiger partial charge in [-0.05, 0) is 135 Å². The van der Waals surface area contributed by atoms with E-state index in [0.717, 1.165) is 12.8 Å². The molecule has 9 aromatic carbocycles. The van der Waals surface area contributed by atoms with Crippen molar-refractivity contribution in [2.75, 3.05) is 0 Å². The minimum atomic E-state index is -0.103. The van der Waals surface area contributed by atoms with Gasteiger partial charge in [0.05, 0.1) is 0 Å². The zero-order chi connectivity index (χ0) is 35.8. The van der Waals surface area contributed by atoms with Gasteiger partial charge in [0.15, 0.2) is 0 Å². The number of hydrogen-bond donors (Lipinski definition) is 0. The Balaban J connectivity index is 1.14. The van der Waals surface area contributed by atoms with Crippen LogP contribution in [-0.4, -0.2) is 0 Å². The molecule has 0 saturated heterocycles. The highest BCUT2D eigenvalue weighted by atomic mass is 14.5. The van der Waals surface area contributed by atoms with Crippen molar-refractivity contribution < 1.29 is 0 Å². The molecule has 0 fully saturated rings. The molecule has 0 saturated carbocycles. The second-order valence-corrected chi connectivity index (χ2v) is 16.4. The summed E-state index contributed by atoms with van der Waals surface area (Å²) >= 11 is 0. The summed E-state index contributed by atoms with van der Waals surface area (Å²) in [4.78, 5) is 0. The topological polar surface area (TPSA) is 0 Å². The Hall–Kier alpha value is -6.24. The van der Waals surface area contributed by atoms with Crippen molar-refractivity contribution in [2.24, 2.45) is 0 Å². The molecular weight excluding hydrogens is 649 g/mol. The zero-order valence-corrected chi connectivity index (χ0v) is 30.6. The normalized spacial score (nSPS) is 15.4. The fraction of sp³-hybridized carbons (Fsp3) is 0.111. The highest BCUT2D eigenvalue weighted by molar-refractivity contribution is 6.24. The molecule has 3 aliphatic rings. The second kappa shape index (κ2) is 10.7. The fourth-order valence-corrected chi connectivity index (χ4v) is 11.1. The minimum absolute atomic E-state index is 0.0507. The first-order valence-electron chi connectivity index (χ1n) is 19.4. The van der Waals surface area contributed by atoms with Gasteiger partial charge in [0.2, 0.25) is 0 Å². The Bertz CT molecular complexity index is 3000. The molecule has 0 bridgehead atoms. The summed E-state index contributed by atoms with van der Waals surface area (Å²) < 4.78 is 0. The van der Waals surface area contributed by atoms with Gasteiger partial charge < -0.3 is 0 Å². The van der Waals surface area contributed by atoms with Crippen LogP contribution < -0.4 is 0 Å². The van der Waals surface area contributed by atoms with E-state index >= 15 is 0 Å². The minimum Gasteiger partial charge on any atom is -0.0620 e. The number of fused-ring (bicyclic) bond motifs is 13. The molecule has 0 aromatic heterocycles. The summed E-state index contributed by atoms with van der Waals surface area (Å²) in [6, 6.07) is 64.7. The van der Waals surface area contributed by atoms with E-state index in [1.165, 1.54) is 110 Å². The summed E-state index contributed by atoms with van der Waals surface area (Å²) in [7, 11) is 0. The van der Waals surface area contributed by atoms with E-state index in [2.05, 4.69) is 184 Å². The van der Waals surface area contributed by atoms with Gasteiger partial charge in [0, 0.05) is 10.8 Å². The molecule has 0 N–H and O–H groups in total. The number of benzene rings is 9. The van der Waals surface area contributed by atoms with E-state index in [1.807, 2.05) is 0 Å². The molecule has 3 aliphatic carbocycles. The van der Waals surface area contributed by atoms with Gasteiger partial charge in [-0.15, -0.1) is 0 Å². The van der Waals surface area contributed by atoms with Crippen molar-refractivity contribution in [3.63, 3.8) is 0 Å². The second-order valence-electron chi connectivity index (χ2n) is 16.4. The van der Waals surface area contributed by atoms with Crippen molar-refractivity contribution in [1.82, 2.24) is 0 Å². The van der Waals surface area contributed by atoms with E-state index in [-0.39, 0.29) is 10.8 Å². The number of hydrogen-bond acceptors (Lipinski definition) is 0. The van der Waals surface area contributed by atoms with Gasteiger partial charge in [0.25, 0.3) is 0 Å². The molecule has 1 spiro atoms. The van der Waals surface area contributed by atoms with Gasteiger partial charge in [-0.3, -0.25) is 0 Å². The van der Waals surface area contributed by atoms with Crippen LogP contribution >= 0.6 is 0 Å². The molecule has 0 aliphatic heterocycles. The summed E-state index contributed by atoms with van der Waals surface area (Å²) in [5.41, 5.74) is 19.4. The Morgan fingerprint density at radius 1 is 0.333 bits per heavy atom. The maximum atomic E-state index is 2.57. The van der Waals surface area contributed by atoms with Crippen molar-refractivity contribution in [2.45, 2.75) is 37.5 Å². The monoisotopic (exact) mass is 686 g/mol. The molecule has 9 aromatic rings. The fourth-order valence-electron chi connectivity index (χ4n) is 11.1. The SMILES string of the molecule is CC1(C)c2ccccc2-c2c1cc(-c1c3ccccc3c(-c3ccc4c(c3)C3(Cc5ccccc5C3)c3ccccc3-4)c3ccccc13)c1ccccc21. The van der Waals surface area contributed by atoms with E-state index in [1.54, 1.807) is 0 Å². The Kier molecular flexibility index (Phi) is 5.98. The van der Waals surface area contributed by atoms with Crippen LogP contribution in [0.15, 0.2) is 170 Å². The maximum Gasteiger partial charge on any atom is 0.0296 e. The molecule has 12 rings (SSSR count). The lowest BCUT2D eigenvalue weighted by molar-refractivity contribution is 0.564. The molecule has 0 heterocycles. The molecule has 0 unspecified atom stereocenters. The number of rotatable bonds is 2. The van der Waals surface area contributed by atoms with Crippen LogP contribution in [0.1, 0.15) is 47.2 Å². The first kappa shape index (κ1) is 30.2. The Morgan fingerprint density at radius 3 is 1.46 bits per heavy atom. The Morgan fingerprint density at radius 2 is 0.815 bits per heavy atom. The summed E-state index contributed by atoms with van der Waals surface area (Å²) in [5.74, 6) is 0. The predicted molar refractivity (Wildman–Crippen MR) is 227 cm³/mol. The lowest BCUT2D eigenvalue weighted by Gasteiger charge is -2.27. The zero-order valence-electron chi connectivity index (χ0n) is 30.6. The third kappa shape index (κ3) is 3.83. The van der Waals surface area contributed by atoms with Gasteiger partial charge in [0.1, 0.15) is 0 Å². The van der Waals surface area contributed by atoms with Crippen molar-refractivity contribution >= 4 is 32.3 Å². The predicted octanol–water partition coefficient (Wildman–Crippen LogP) is 13.9. The van der Waals surface area contributed by atoms with E-state index < -0.39 is 0 Å². The van der Waals surface area contributed by atoms with Gasteiger partial charge in [-0.2, -0.15) is 0 Å². The van der Waals surface area contributed by atoms with Crippen molar-refractivity contribution in [3.05, 3.63) is 203 Å². The van der Waals surface area contributed by atoms with Crippen molar-refractivity contribution in [3.8, 4) is 44.5 Å². The quantitative estimate of drug-likeness (QED) is 0.159. The third-order valence-corrected chi connectivity index (χ3v) is 13.4. The Labute approximate surface area is 316 Å². The van der Waals surface area contributed by atoms with Crippen LogP contribution in [-0.2, 0) is 23.7 Å². The van der Waals surface area contributed by atoms with E-state index in [9.17, 15) is 0 Å². The van der Waals surface area contributed by atoms with Gasteiger partial charge in [-0.1, -0.05) is 172 Å². The van der Waals surface area contributed by atoms with Gasteiger partial charge >= 0.3 is 0 Å². The maximum absolute atomic E-state index is 2.57. The lowest BCUT2D eigenvalue weighted by Crippen LogP contribution is -2.25. The summed E-state index contributed by atoms with van der Waals surface area (Å²) in [6.07, 6.45) is 2.09. The largest absolute Gasteiger partial charge is 0.0620 e. The van der Waals surface area contributed by atoms with Crippen LogP contribution in [0.2, 0.25) is 0 Å². The smallest absolute Gasteiger partial charge is 0.0296 e. The van der Waals surface area contributed by atoms with Crippen LogP contribution in [0.25, 0.3) is 76.8 Å². The first-order valence-corrected chi connectivity index (χ1v) is 19.4. The van der Waals surface area contributed by atoms with Gasteiger partial charge in [-0.25, -0.2) is 0 Å². The molecule has 0 amide bonds. The van der Waals surface area contributed by atoms with Crippen LogP contribution in [0.4, 0.5) is 0 Å². The third-order valence-electron chi connectivity index (χ3n) is 13.4. The molecule has 0 nitrogen and oxygen atoms in total. The highest BCUT2D eigenvalue weighted by Crippen LogP contribution is 2.58. The molecule has 0 heteroatoms. The van der Waals surface area contributed by atoms with Crippen molar-refractivity contribution in [1.29, 1.82) is 0 Å². The average molecular weight is 687 g/mol. The lowest BCUT2D eigenvalue weighted by atomic mass is 9.74. The van der Waals surface area contributed by atoms with Crippen LogP contribution in [0, 0.1) is 0 Å². The molecule has 0 atom stereocenters. The molecular formula is C54H38. The van der Waals surface area contributed by atoms with E-state index in [0.29, 0.717) is 0 Å². The van der Waals surface area contributed by atoms with E-state index in [4.69, 9.17) is 0 Å². The van der Waals surface area contributed by atoms with Crippen LogP contribution in [0.3, 0.4) is 0 Å². The molecule has 254 valence electrons. The average Bonchev–Trinajstić information content (AvgIpc) is 3.82. The molecule has 54 heavy (non-hydrogen) atoms.